The molecular weight excluding hydrogens is 354 g/mol. The number of aromatic amines is 1. The summed E-state index contributed by atoms with van der Waals surface area (Å²) < 4.78 is 5.40. The number of piperazine rings is 1. The predicted molar refractivity (Wildman–Crippen MR) is 105 cm³/mol. The molecule has 1 saturated heterocycles. The Bertz CT molecular complexity index is 1100. The second-order valence-electron chi connectivity index (χ2n) is 7.46. The summed E-state index contributed by atoms with van der Waals surface area (Å²) in [5.74, 6) is 0.679. The number of benzene rings is 2. The zero-order valence-corrected chi connectivity index (χ0v) is 15.8. The van der Waals surface area contributed by atoms with E-state index in [-0.39, 0.29) is 24.4 Å². The van der Waals surface area contributed by atoms with Gasteiger partial charge in [-0.3, -0.25) is 9.59 Å². The highest BCUT2D eigenvalue weighted by atomic mass is 16.5. The Morgan fingerprint density at radius 2 is 1.93 bits per heavy atom. The maximum absolute atomic E-state index is 13.0. The van der Waals surface area contributed by atoms with E-state index in [1.165, 1.54) is 4.90 Å². The maximum Gasteiger partial charge on any atom is 0.245 e. The predicted octanol–water partition coefficient (Wildman–Crippen LogP) is 2.49. The van der Waals surface area contributed by atoms with Gasteiger partial charge >= 0.3 is 0 Å². The van der Waals surface area contributed by atoms with Gasteiger partial charge in [0.05, 0.1) is 19.7 Å². The number of amides is 2. The fourth-order valence-electron chi connectivity index (χ4n) is 4.56. The van der Waals surface area contributed by atoms with Gasteiger partial charge in [0.25, 0.3) is 0 Å². The van der Waals surface area contributed by atoms with Crippen LogP contribution in [0.15, 0.2) is 48.5 Å². The Balaban J connectivity index is 1.76. The number of hydrogen-bond donors (Lipinski definition) is 1. The van der Waals surface area contributed by atoms with Gasteiger partial charge in [-0.2, -0.15) is 0 Å². The number of aromatic nitrogens is 1. The van der Waals surface area contributed by atoms with Crippen LogP contribution in [0.5, 0.6) is 5.75 Å². The number of fused-ring (bicyclic) bond motifs is 4. The molecule has 2 amide bonds. The van der Waals surface area contributed by atoms with Crippen molar-refractivity contribution in [3.8, 4) is 5.75 Å². The summed E-state index contributed by atoms with van der Waals surface area (Å²) in [4.78, 5) is 32.8. The molecule has 0 aliphatic carbocycles. The first-order valence-corrected chi connectivity index (χ1v) is 9.38. The summed E-state index contributed by atoms with van der Waals surface area (Å²) in [7, 11) is 3.32. The number of nitrogens with zero attached hydrogens (tertiary/aromatic N) is 2. The van der Waals surface area contributed by atoms with Crippen LogP contribution in [0, 0.1) is 0 Å². The fourth-order valence-corrected chi connectivity index (χ4v) is 4.56. The number of nitrogens with one attached hydrogen (secondary N) is 1. The molecule has 5 rings (SSSR count). The largest absolute Gasteiger partial charge is 0.497 e. The Morgan fingerprint density at radius 1 is 1.11 bits per heavy atom. The summed E-state index contributed by atoms with van der Waals surface area (Å²) in [6, 6.07) is 15.0. The molecule has 3 aromatic rings. The average molecular weight is 375 g/mol. The number of rotatable bonds is 2. The topological polar surface area (TPSA) is 65.6 Å². The minimum atomic E-state index is -0.492. The van der Waals surface area contributed by atoms with Crippen molar-refractivity contribution in [3.05, 3.63) is 65.4 Å². The molecular formula is C22H21N3O3. The summed E-state index contributed by atoms with van der Waals surface area (Å²) in [6.07, 6.45) is 0.523. The van der Waals surface area contributed by atoms with E-state index in [0.29, 0.717) is 6.42 Å². The first-order valence-electron chi connectivity index (χ1n) is 9.38. The lowest BCUT2D eigenvalue weighted by Gasteiger charge is -2.46. The van der Waals surface area contributed by atoms with E-state index in [1.807, 2.05) is 42.5 Å². The van der Waals surface area contributed by atoms with Gasteiger partial charge in [0.2, 0.25) is 11.8 Å². The lowest BCUT2D eigenvalue weighted by molar-refractivity contribution is -0.157. The normalized spacial score (nSPS) is 21.6. The molecule has 0 radical (unpaired) electrons. The molecule has 3 heterocycles. The molecule has 6 heteroatoms. The van der Waals surface area contributed by atoms with Crippen LogP contribution < -0.4 is 4.74 Å². The van der Waals surface area contributed by atoms with Crippen LogP contribution in [0.3, 0.4) is 0 Å². The summed E-state index contributed by atoms with van der Waals surface area (Å²) in [6.45, 7) is 0.103. The van der Waals surface area contributed by atoms with Crippen LogP contribution in [0.2, 0.25) is 0 Å². The van der Waals surface area contributed by atoms with Gasteiger partial charge in [-0.15, -0.1) is 0 Å². The third-order valence-electron chi connectivity index (χ3n) is 5.86. The van der Waals surface area contributed by atoms with Crippen molar-refractivity contribution in [1.29, 1.82) is 0 Å². The van der Waals surface area contributed by atoms with Crippen LogP contribution in [-0.2, 0) is 16.0 Å². The van der Waals surface area contributed by atoms with Crippen LogP contribution in [0.1, 0.15) is 22.9 Å². The quantitative estimate of drug-likeness (QED) is 0.748. The molecule has 1 unspecified atom stereocenters. The number of hydrogen-bond acceptors (Lipinski definition) is 3. The molecule has 28 heavy (non-hydrogen) atoms. The van der Waals surface area contributed by atoms with Crippen molar-refractivity contribution in [1.82, 2.24) is 14.8 Å². The van der Waals surface area contributed by atoms with Gasteiger partial charge in [-0.25, -0.2) is 0 Å². The van der Waals surface area contributed by atoms with Gasteiger partial charge < -0.3 is 19.5 Å². The van der Waals surface area contributed by atoms with E-state index in [4.69, 9.17) is 4.74 Å². The number of methoxy groups -OCH3 is 1. The van der Waals surface area contributed by atoms with E-state index in [0.717, 1.165) is 33.5 Å². The first kappa shape index (κ1) is 16.9. The average Bonchev–Trinajstić information content (AvgIpc) is 3.09. The third-order valence-corrected chi connectivity index (χ3v) is 5.86. The molecule has 2 aliphatic heterocycles. The highest BCUT2D eigenvalue weighted by molar-refractivity contribution is 5.97. The lowest BCUT2D eigenvalue weighted by atomic mass is 9.86. The number of carbonyl (C=O) groups is 2. The van der Waals surface area contributed by atoms with Crippen molar-refractivity contribution in [2.24, 2.45) is 0 Å². The SMILES string of the molecule is COc1cccc(C2c3[nH]c4ccccc4c3C[C@H]3C(=O)N(C)CC(=O)N23)c1. The van der Waals surface area contributed by atoms with Gasteiger partial charge in [0.15, 0.2) is 0 Å². The molecule has 2 atom stereocenters. The van der Waals surface area contributed by atoms with Gasteiger partial charge in [0, 0.05) is 30.1 Å². The van der Waals surface area contributed by atoms with Gasteiger partial charge in [0.1, 0.15) is 11.8 Å². The second-order valence-corrected chi connectivity index (χ2v) is 7.46. The summed E-state index contributed by atoms with van der Waals surface area (Å²) in [5.41, 5.74) is 4.05. The van der Waals surface area contributed by atoms with Crippen molar-refractivity contribution in [2.45, 2.75) is 18.5 Å². The molecule has 2 aliphatic rings. The minimum absolute atomic E-state index is 0.0107. The van der Waals surface area contributed by atoms with Crippen LogP contribution in [-0.4, -0.2) is 53.3 Å². The molecule has 0 spiro atoms. The molecule has 0 saturated carbocycles. The summed E-state index contributed by atoms with van der Waals surface area (Å²) >= 11 is 0. The Hall–Kier alpha value is -3.28. The second kappa shape index (κ2) is 6.12. The Kier molecular flexibility index (Phi) is 3.69. The van der Waals surface area contributed by atoms with Crippen LogP contribution >= 0.6 is 0 Å². The Morgan fingerprint density at radius 3 is 2.75 bits per heavy atom. The highest BCUT2D eigenvalue weighted by Gasteiger charge is 2.47. The molecule has 2 aromatic carbocycles. The smallest absolute Gasteiger partial charge is 0.245 e. The maximum atomic E-state index is 13.0. The van der Waals surface area contributed by atoms with E-state index in [2.05, 4.69) is 11.1 Å². The molecule has 1 fully saturated rings. The molecule has 1 N–H and O–H groups in total. The molecule has 1 aromatic heterocycles. The monoisotopic (exact) mass is 375 g/mol. The zero-order chi connectivity index (χ0) is 19.4. The van der Waals surface area contributed by atoms with Gasteiger partial charge in [-0.05, 0) is 29.3 Å². The van der Waals surface area contributed by atoms with E-state index in [9.17, 15) is 9.59 Å². The highest BCUT2D eigenvalue weighted by Crippen LogP contribution is 2.42. The third kappa shape index (κ3) is 2.34. The first-order chi connectivity index (χ1) is 13.6. The minimum Gasteiger partial charge on any atom is -0.497 e. The van der Waals surface area contributed by atoms with Crippen molar-refractivity contribution in [3.63, 3.8) is 0 Å². The lowest BCUT2D eigenvalue weighted by Crippen LogP contribution is -2.62. The van der Waals surface area contributed by atoms with E-state index >= 15 is 0 Å². The number of para-hydroxylation sites is 1. The number of H-pyrrole nitrogens is 1. The van der Waals surface area contributed by atoms with Crippen LogP contribution in [0.25, 0.3) is 10.9 Å². The van der Waals surface area contributed by atoms with Gasteiger partial charge in [-0.1, -0.05) is 30.3 Å². The van der Waals surface area contributed by atoms with E-state index < -0.39 is 6.04 Å². The fraction of sp³-hybridized carbons (Fsp3) is 0.273. The summed E-state index contributed by atoms with van der Waals surface area (Å²) in [5, 5.41) is 1.11. The van der Waals surface area contributed by atoms with Crippen molar-refractivity contribution < 1.29 is 14.3 Å². The number of carbonyl (C=O) groups excluding carboxylic acids is 2. The van der Waals surface area contributed by atoms with E-state index in [1.54, 1.807) is 19.1 Å². The van der Waals surface area contributed by atoms with Crippen LogP contribution in [0.4, 0.5) is 0 Å². The number of likely N-dealkylation sites (N-methyl/N-ethyl adjacent to an activating group) is 1. The molecule has 0 bridgehead atoms. The zero-order valence-electron chi connectivity index (χ0n) is 15.8. The standard InChI is InChI=1S/C22H21N3O3/c1-24-12-19(26)25-18(22(24)27)11-16-15-8-3-4-9-17(15)23-20(16)21(25)13-6-5-7-14(10-13)28-2/h3-10,18,21,23H,11-12H2,1-2H3/t18-,21?/m0/s1. The van der Waals surface area contributed by atoms with Crippen molar-refractivity contribution in [2.75, 3.05) is 20.7 Å². The van der Waals surface area contributed by atoms with Crippen molar-refractivity contribution >= 4 is 22.7 Å². The number of ether oxygens (including phenoxy) is 1. The molecule has 6 nitrogen and oxygen atoms in total. The Labute approximate surface area is 162 Å². The molecule has 142 valence electrons.